The summed E-state index contributed by atoms with van der Waals surface area (Å²) in [6.07, 6.45) is 75.6. The maximum Gasteiger partial charge on any atom is 0.306 e. The van der Waals surface area contributed by atoms with Gasteiger partial charge in [-0.25, -0.2) is 0 Å². The van der Waals surface area contributed by atoms with Gasteiger partial charge in [-0.2, -0.15) is 0 Å². The summed E-state index contributed by atoms with van der Waals surface area (Å²) in [6, 6.07) is 0. The van der Waals surface area contributed by atoms with Gasteiger partial charge in [0.1, 0.15) is 6.10 Å². The number of esters is 1. The maximum atomic E-state index is 12.3. The van der Waals surface area contributed by atoms with Gasteiger partial charge in [0.05, 0.1) is 13.2 Å². The highest BCUT2D eigenvalue weighted by atomic mass is 16.6. The second kappa shape index (κ2) is 50.9. The van der Waals surface area contributed by atoms with Crippen LogP contribution >= 0.6 is 0 Å². The van der Waals surface area contributed by atoms with Crippen LogP contribution in [0.5, 0.6) is 0 Å². The van der Waals surface area contributed by atoms with Crippen LogP contribution in [0.25, 0.3) is 0 Å². The fraction of sp³-hybridized carbons (Fsp3) is 0.618. The molecule has 1 N–H and O–H groups in total. The van der Waals surface area contributed by atoms with E-state index in [0.29, 0.717) is 13.0 Å². The minimum atomic E-state index is -0.558. The van der Waals surface area contributed by atoms with Crippen molar-refractivity contribution in [3.8, 4) is 0 Å². The summed E-state index contributed by atoms with van der Waals surface area (Å²) in [4.78, 5) is 12.3. The topological polar surface area (TPSA) is 55.8 Å². The molecule has 59 heavy (non-hydrogen) atoms. The summed E-state index contributed by atoms with van der Waals surface area (Å²) >= 11 is 0. The Bertz CT molecular complexity index is 1180. The zero-order valence-corrected chi connectivity index (χ0v) is 38.2. The first-order valence-electron chi connectivity index (χ1n) is 24.1. The number of carbonyl (C=O) groups is 1. The molecule has 0 spiro atoms. The predicted octanol–water partition coefficient (Wildman–Crippen LogP) is 16.4. The van der Waals surface area contributed by atoms with E-state index in [1.807, 2.05) is 0 Å². The number of aliphatic hydroxyl groups excluding tert-OH is 1. The van der Waals surface area contributed by atoms with Crippen LogP contribution in [-0.4, -0.2) is 37.0 Å². The predicted molar refractivity (Wildman–Crippen MR) is 260 cm³/mol. The molecule has 0 heterocycles. The Labute approximate surface area is 365 Å². The molecule has 0 aromatic rings. The van der Waals surface area contributed by atoms with E-state index in [1.54, 1.807) is 0 Å². The minimum Gasteiger partial charge on any atom is -0.457 e. The van der Waals surface area contributed by atoms with Crippen LogP contribution in [0.4, 0.5) is 0 Å². The molecule has 0 bridgehead atoms. The zero-order chi connectivity index (χ0) is 42.6. The van der Waals surface area contributed by atoms with Gasteiger partial charge in [-0.3, -0.25) is 4.79 Å². The molecular weight excluding hydrogens is 725 g/mol. The first-order valence-corrected chi connectivity index (χ1v) is 24.1. The average molecular weight is 815 g/mol. The number of hydrogen-bond donors (Lipinski definition) is 1. The maximum absolute atomic E-state index is 12.3. The van der Waals surface area contributed by atoms with E-state index < -0.39 is 6.10 Å². The molecule has 0 aliphatic rings. The Kier molecular flexibility index (Phi) is 48.2. The molecule has 0 saturated heterocycles. The van der Waals surface area contributed by atoms with E-state index >= 15 is 0 Å². The highest BCUT2D eigenvalue weighted by molar-refractivity contribution is 5.69. The average Bonchev–Trinajstić information content (AvgIpc) is 3.24. The van der Waals surface area contributed by atoms with Crippen molar-refractivity contribution in [3.63, 3.8) is 0 Å². The zero-order valence-electron chi connectivity index (χ0n) is 38.2. The molecule has 0 radical (unpaired) electrons. The van der Waals surface area contributed by atoms with Crippen molar-refractivity contribution in [2.24, 2.45) is 0 Å². The van der Waals surface area contributed by atoms with E-state index in [1.165, 1.54) is 77.0 Å². The van der Waals surface area contributed by atoms with E-state index in [4.69, 9.17) is 9.47 Å². The summed E-state index contributed by atoms with van der Waals surface area (Å²) in [5.41, 5.74) is 0. The Balaban J connectivity index is 3.53. The summed E-state index contributed by atoms with van der Waals surface area (Å²) in [6.45, 7) is 5.06. The highest BCUT2D eigenvalue weighted by Crippen LogP contribution is 2.13. The monoisotopic (exact) mass is 815 g/mol. The van der Waals surface area contributed by atoms with Gasteiger partial charge >= 0.3 is 5.97 Å². The number of unbranched alkanes of at least 4 members (excludes halogenated alkanes) is 15. The second-order valence-electron chi connectivity index (χ2n) is 15.4. The van der Waals surface area contributed by atoms with Crippen molar-refractivity contribution in [2.45, 2.75) is 200 Å². The van der Waals surface area contributed by atoms with Crippen molar-refractivity contribution in [3.05, 3.63) is 122 Å². The van der Waals surface area contributed by atoms with Crippen molar-refractivity contribution in [2.75, 3.05) is 19.8 Å². The van der Waals surface area contributed by atoms with Crippen molar-refractivity contribution < 1.29 is 19.4 Å². The Morgan fingerprint density at radius 3 is 1.07 bits per heavy atom. The molecule has 0 aromatic carbocycles. The Morgan fingerprint density at radius 2 is 0.712 bits per heavy atom. The van der Waals surface area contributed by atoms with E-state index in [2.05, 4.69) is 135 Å². The lowest BCUT2D eigenvalue weighted by Gasteiger charge is -2.15. The molecule has 334 valence electrons. The second-order valence-corrected chi connectivity index (χ2v) is 15.4. The van der Waals surface area contributed by atoms with Crippen LogP contribution in [0.2, 0.25) is 0 Å². The molecule has 4 heteroatoms. The summed E-state index contributed by atoms with van der Waals surface area (Å²) in [5, 5.41) is 9.64. The molecule has 0 rings (SSSR count). The number of allylic oxidation sites excluding steroid dienone is 20. The number of aliphatic hydroxyl groups is 1. The smallest absolute Gasteiger partial charge is 0.306 e. The summed E-state index contributed by atoms with van der Waals surface area (Å²) in [5.74, 6) is -0.218. The lowest BCUT2D eigenvalue weighted by molar-refractivity contribution is -0.154. The van der Waals surface area contributed by atoms with E-state index in [9.17, 15) is 9.90 Å². The van der Waals surface area contributed by atoms with Crippen LogP contribution in [-0.2, 0) is 14.3 Å². The molecule has 1 atom stereocenters. The largest absolute Gasteiger partial charge is 0.457 e. The normalized spacial score (nSPS) is 13.5. The summed E-state index contributed by atoms with van der Waals surface area (Å²) in [7, 11) is 0. The molecule has 1 unspecified atom stereocenters. The number of hydrogen-bond acceptors (Lipinski definition) is 4. The Hall–Kier alpha value is -3.21. The van der Waals surface area contributed by atoms with Crippen LogP contribution in [0, 0.1) is 0 Å². The number of carbonyl (C=O) groups excluding carboxylic acids is 1. The van der Waals surface area contributed by atoms with Gasteiger partial charge in [-0.05, 0) is 103 Å². The molecular formula is C55H90O4. The minimum absolute atomic E-state index is 0.190. The lowest BCUT2D eigenvalue weighted by Crippen LogP contribution is -2.27. The number of rotatable bonds is 43. The quantitative estimate of drug-likeness (QED) is 0.0378. The highest BCUT2D eigenvalue weighted by Gasteiger charge is 2.13. The molecule has 0 aromatic heterocycles. The van der Waals surface area contributed by atoms with Gasteiger partial charge < -0.3 is 14.6 Å². The van der Waals surface area contributed by atoms with E-state index in [0.717, 1.165) is 96.3 Å². The fourth-order valence-corrected chi connectivity index (χ4v) is 6.26. The van der Waals surface area contributed by atoms with Gasteiger partial charge in [0.2, 0.25) is 0 Å². The van der Waals surface area contributed by atoms with Crippen LogP contribution < -0.4 is 0 Å². The molecule has 4 nitrogen and oxygen atoms in total. The third-order valence-corrected chi connectivity index (χ3v) is 9.78. The third kappa shape index (κ3) is 49.1. The van der Waals surface area contributed by atoms with Crippen molar-refractivity contribution in [1.29, 1.82) is 0 Å². The molecule has 0 aliphatic carbocycles. The van der Waals surface area contributed by atoms with Gasteiger partial charge in [0.25, 0.3) is 0 Å². The number of ether oxygens (including phenoxy) is 2. The Morgan fingerprint density at radius 1 is 0.407 bits per heavy atom. The SMILES string of the molecule is CC/C=C\C/C=C\C/C=C\C/C=C\C/C=C\C/C=C\CCCCCCCOCC(CO)OC(=O)CCCCCCCCCCCC/C=C\C/C=C\C/C=C\C/C=C\CC. The molecule has 0 aliphatic heterocycles. The standard InChI is InChI=1S/C55H90O4/c1-3-5-7-9-11-13-15-17-19-21-23-25-27-29-31-33-35-37-39-41-43-45-47-49-51-58-53-54(52-56)59-55(57)50-48-46-44-42-40-38-36-34-32-30-28-26-24-22-20-18-16-14-12-10-8-6-4-2/h5-8,11-14,17-20,23-26,29,31,35,37,54,56H,3-4,9-10,15-16,21-22,27-28,30,32-34,36,38-53H2,1-2H3/b7-5-,8-6-,13-11-,14-12-,19-17-,20-18-,25-23-,26-24-,31-29-,37-35-. The van der Waals surface area contributed by atoms with Crippen LogP contribution in [0.1, 0.15) is 194 Å². The van der Waals surface area contributed by atoms with Gasteiger partial charge in [0.15, 0.2) is 0 Å². The van der Waals surface area contributed by atoms with Crippen LogP contribution in [0.3, 0.4) is 0 Å². The first kappa shape index (κ1) is 55.8. The van der Waals surface area contributed by atoms with Crippen molar-refractivity contribution >= 4 is 5.97 Å². The van der Waals surface area contributed by atoms with Crippen LogP contribution in [0.15, 0.2) is 122 Å². The van der Waals surface area contributed by atoms with Gasteiger partial charge in [0, 0.05) is 13.0 Å². The molecule has 0 saturated carbocycles. The van der Waals surface area contributed by atoms with Crippen molar-refractivity contribution in [1.82, 2.24) is 0 Å². The van der Waals surface area contributed by atoms with Gasteiger partial charge in [-0.1, -0.05) is 206 Å². The van der Waals surface area contributed by atoms with E-state index in [-0.39, 0.29) is 19.2 Å². The van der Waals surface area contributed by atoms with Gasteiger partial charge in [-0.15, -0.1) is 0 Å². The molecule has 0 fully saturated rings. The first-order chi connectivity index (χ1) is 29.2. The third-order valence-electron chi connectivity index (χ3n) is 9.78. The fourth-order valence-electron chi connectivity index (χ4n) is 6.26. The molecule has 0 amide bonds. The lowest BCUT2D eigenvalue weighted by atomic mass is 10.0. The summed E-state index contributed by atoms with van der Waals surface area (Å²) < 4.78 is 11.2.